The normalized spacial score (nSPS) is 10.0. The van der Waals surface area contributed by atoms with Crippen LogP contribution < -0.4 is 5.32 Å². The summed E-state index contributed by atoms with van der Waals surface area (Å²) in [7, 11) is 1.69. The van der Waals surface area contributed by atoms with Gasteiger partial charge in [0.15, 0.2) is 0 Å². The van der Waals surface area contributed by atoms with E-state index in [0.29, 0.717) is 6.61 Å². The molecule has 3 nitrogen and oxygen atoms in total. The molecule has 1 aromatic heterocycles. The Labute approximate surface area is 111 Å². The minimum atomic E-state index is 0.636. The highest BCUT2D eigenvalue weighted by molar-refractivity contribution is 7.12. The van der Waals surface area contributed by atoms with Crippen LogP contribution in [0, 0.1) is 11.3 Å². The summed E-state index contributed by atoms with van der Waals surface area (Å²) in [5.74, 6) is 0. The van der Waals surface area contributed by atoms with Crippen LogP contribution in [0.2, 0.25) is 0 Å². The van der Waals surface area contributed by atoms with Crippen molar-refractivity contribution in [2.24, 2.45) is 0 Å². The Balaban J connectivity index is 1.91. The van der Waals surface area contributed by atoms with Crippen molar-refractivity contribution in [2.75, 3.05) is 12.4 Å². The van der Waals surface area contributed by atoms with Gasteiger partial charge in [-0.3, -0.25) is 0 Å². The van der Waals surface area contributed by atoms with Gasteiger partial charge in [0.1, 0.15) is 10.9 Å². The average molecular weight is 258 g/mol. The molecular weight excluding hydrogens is 244 g/mol. The molecule has 92 valence electrons. The first kappa shape index (κ1) is 12.6. The SMILES string of the molecule is COCc1ccc(NCc2ccc(C#N)s2)cc1. The minimum absolute atomic E-state index is 0.636. The van der Waals surface area contributed by atoms with Gasteiger partial charge in [0.25, 0.3) is 0 Å². The molecule has 2 aromatic rings. The van der Waals surface area contributed by atoms with Crippen molar-refractivity contribution in [1.29, 1.82) is 5.26 Å². The van der Waals surface area contributed by atoms with Gasteiger partial charge >= 0.3 is 0 Å². The van der Waals surface area contributed by atoms with E-state index in [-0.39, 0.29) is 0 Å². The third kappa shape index (κ3) is 3.33. The number of ether oxygens (including phenoxy) is 1. The van der Waals surface area contributed by atoms with Crippen LogP contribution in [0.3, 0.4) is 0 Å². The number of nitrogens with one attached hydrogen (secondary N) is 1. The Kier molecular flexibility index (Phi) is 4.35. The summed E-state index contributed by atoms with van der Waals surface area (Å²) < 4.78 is 5.06. The minimum Gasteiger partial charge on any atom is -0.380 e. The number of methoxy groups -OCH3 is 1. The molecule has 1 aromatic carbocycles. The summed E-state index contributed by atoms with van der Waals surface area (Å²) in [5.41, 5.74) is 2.23. The molecule has 0 saturated carbocycles. The summed E-state index contributed by atoms with van der Waals surface area (Å²) in [6.07, 6.45) is 0. The largest absolute Gasteiger partial charge is 0.380 e. The van der Waals surface area contributed by atoms with Gasteiger partial charge in [-0.15, -0.1) is 11.3 Å². The smallest absolute Gasteiger partial charge is 0.110 e. The van der Waals surface area contributed by atoms with Crippen molar-refractivity contribution >= 4 is 17.0 Å². The Morgan fingerprint density at radius 1 is 1.22 bits per heavy atom. The van der Waals surface area contributed by atoms with Crippen LogP contribution in [0.5, 0.6) is 0 Å². The van der Waals surface area contributed by atoms with E-state index in [1.165, 1.54) is 11.3 Å². The van der Waals surface area contributed by atoms with Gasteiger partial charge in [-0.25, -0.2) is 0 Å². The number of anilines is 1. The molecule has 0 atom stereocenters. The molecule has 18 heavy (non-hydrogen) atoms. The van der Waals surface area contributed by atoms with Gasteiger partial charge in [0.2, 0.25) is 0 Å². The lowest BCUT2D eigenvalue weighted by molar-refractivity contribution is 0.185. The molecule has 0 saturated heterocycles. The second kappa shape index (κ2) is 6.20. The van der Waals surface area contributed by atoms with E-state index >= 15 is 0 Å². The van der Waals surface area contributed by atoms with E-state index in [1.54, 1.807) is 7.11 Å². The van der Waals surface area contributed by atoms with Crippen LogP contribution in [-0.4, -0.2) is 7.11 Å². The fourth-order valence-electron chi connectivity index (χ4n) is 1.61. The van der Waals surface area contributed by atoms with Crippen molar-refractivity contribution in [1.82, 2.24) is 0 Å². The van der Waals surface area contributed by atoms with Crippen molar-refractivity contribution in [3.05, 3.63) is 51.7 Å². The van der Waals surface area contributed by atoms with E-state index in [0.717, 1.165) is 27.5 Å². The van der Waals surface area contributed by atoms with Gasteiger partial charge < -0.3 is 10.1 Å². The quantitative estimate of drug-likeness (QED) is 0.894. The summed E-state index contributed by atoms with van der Waals surface area (Å²) in [6.45, 7) is 1.38. The second-order valence-corrected chi connectivity index (χ2v) is 5.03. The number of hydrogen-bond acceptors (Lipinski definition) is 4. The standard InChI is InChI=1S/C14H14N2OS/c1-17-10-11-2-4-12(5-3-11)16-9-14-7-6-13(8-15)18-14/h2-7,16H,9-10H2,1H3. The lowest BCUT2D eigenvalue weighted by Gasteiger charge is -2.06. The third-order valence-corrected chi connectivity index (χ3v) is 3.49. The van der Waals surface area contributed by atoms with Gasteiger partial charge in [-0.2, -0.15) is 5.26 Å². The molecule has 0 fully saturated rings. The van der Waals surface area contributed by atoms with Crippen LogP contribution in [0.1, 0.15) is 15.3 Å². The van der Waals surface area contributed by atoms with Gasteiger partial charge in [0.05, 0.1) is 6.61 Å². The monoisotopic (exact) mass is 258 g/mol. The molecule has 1 N–H and O–H groups in total. The summed E-state index contributed by atoms with van der Waals surface area (Å²) in [5, 5.41) is 12.1. The zero-order valence-corrected chi connectivity index (χ0v) is 11.0. The van der Waals surface area contributed by atoms with Gasteiger partial charge in [-0.1, -0.05) is 12.1 Å². The zero-order chi connectivity index (χ0) is 12.8. The van der Waals surface area contributed by atoms with Crippen LogP contribution in [0.25, 0.3) is 0 Å². The van der Waals surface area contributed by atoms with Crippen LogP contribution >= 0.6 is 11.3 Å². The maximum absolute atomic E-state index is 8.75. The highest BCUT2D eigenvalue weighted by atomic mass is 32.1. The fraction of sp³-hybridized carbons (Fsp3) is 0.214. The van der Waals surface area contributed by atoms with Crippen LogP contribution in [0.4, 0.5) is 5.69 Å². The number of benzene rings is 1. The number of hydrogen-bond donors (Lipinski definition) is 1. The fourth-order valence-corrected chi connectivity index (χ4v) is 2.35. The number of rotatable bonds is 5. The van der Waals surface area contributed by atoms with Gasteiger partial charge in [-0.05, 0) is 29.8 Å². The maximum atomic E-state index is 8.75. The predicted molar refractivity (Wildman–Crippen MR) is 73.5 cm³/mol. The van der Waals surface area contributed by atoms with E-state index in [1.807, 2.05) is 36.4 Å². The summed E-state index contributed by atoms with van der Waals surface area (Å²) in [4.78, 5) is 1.91. The molecule has 1 heterocycles. The highest BCUT2D eigenvalue weighted by Crippen LogP contribution is 2.17. The number of thiophene rings is 1. The van der Waals surface area contributed by atoms with E-state index in [4.69, 9.17) is 10.00 Å². The molecular formula is C14H14N2OS. The molecule has 0 bridgehead atoms. The number of nitrogens with zero attached hydrogens (tertiary/aromatic N) is 1. The highest BCUT2D eigenvalue weighted by Gasteiger charge is 1.99. The Hall–Kier alpha value is -1.83. The van der Waals surface area contributed by atoms with E-state index in [2.05, 4.69) is 11.4 Å². The molecule has 0 radical (unpaired) electrons. The molecule has 0 aliphatic rings. The molecule has 2 rings (SSSR count). The third-order valence-electron chi connectivity index (χ3n) is 2.50. The molecule has 0 spiro atoms. The Morgan fingerprint density at radius 3 is 2.61 bits per heavy atom. The van der Waals surface area contributed by atoms with Crippen LogP contribution in [0.15, 0.2) is 36.4 Å². The molecule has 0 aliphatic carbocycles. The Morgan fingerprint density at radius 2 is 2.00 bits per heavy atom. The molecule has 0 aliphatic heterocycles. The molecule has 0 amide bonds. The maximum Gasteiger partial charge on any atom is 0.110 e. The van der Waals surface area contributed by atoms with Crippen molar-refractivity contribution < 1.29 is 4.74 Å². The lowest BCUT2D eigenvalue weighted by atomic mass is 10.2. The first-order valence-electron chi connectivity index (χ1n) is 5.62. The first-order chi connectivity index (χ1) is 8.81. The number of nitriles is 1. The average Bonchev–Trinajstić information content (AvgIpc) is 2.86. The summed E-state index contributed by atoms with van der Waals surface area (Å²) in [6, 6.07) is 14.1. The lowest BCUT2D eigenvalue weighted by Crippen LogP contribution is -1.97. The zero-order valence-electron chi connectivity index (χ0n) is 10.1. The van der Waals surface area contributed by atoms with E-state index < -0.39 is 0 Å². The van der Waals surface area contributed by atoms with Gasteiger partial charge in [0, 0.05) is 24.2 Å². The predicted octanol–water partition coefficient (Wildman–Crippen LogP) is 3.38. The summed E-state index contributed by atoms with van der Waals surface area (Å²) >= 11 is 1.52. The van der Waals surface area contributed by atoms with Crippen molar-refractivity contribution in [3.8, 4) is 6.07 Å². The van der Waals surface area contributed by atoms with Crippen molar-refractivity contribution in [2.45, 2.75) is 13.2 Å². The van der Waals surface area contributed by atoms with Crippen LogP contribution in [-0.2, 0) is 17.9 Å². The molecule has 4 heteroatoms. The van der Waals surface area contributed by atoms with E-state index in [9.17, 15) is 0 Å². The second-order valence-electron chi connectivity index (χ2n) is 3.86. The Bertz CT molecular complexity index is 540. The topological polar surface area (TPSA) is 45.0 Å². The van der Waals surface area contributed by atoms with Crippen molar-refractivity contribution in [3.63, 3.8) is 0 Å². The molecule has 0 unspecified atom stereocenters. The first-order valence-corrected chi connectivity index (χ1v) is 6.44.